The maximum Gasteiger partial charge on any atom is 0.205 e. The van der Waals surface area contributed by atoms with Crippen LogP contribution in [0.5, 0.6) is 0 Å². The van der Waals surface area contributed by atoms with Crippen LogP contribution in [0.3, 0.4) is 0 Å². The fraction of sp³-hybridized carbons (Fsp3) is 0.188. The highest BCUT2D eigenvalue weighted by molar-refractivity contribution is 5.80. The van der Waals surface area contributed by atoms with Crippen LogP contribution >= 0.6 is 0 Å². The van der Waals surface area contributed by atoms with Crippen LogP contribution in [0.2, 0.25) is 0 Å². The number of fused-ring (bicyclic) bond motifs is 1. The zero-order chi connectivity index (χ0) is 14.1. The third-order valence-corrected chi connectivity index (χ3v) is 3.38. The Hall–Kier alpha value is -2.36. The molecule has 20 heavy (non-hydrogen) atoms. The summed E-state index contributed by atoms with van der Waals surface area (Å²) in [5.41, 5.74) is 9.52. The number of rotatable bonds is 3. The van der Waals surface area contributed by atoms with E-state index in [0.717, 1.165) is 18.5 Å². The SMILES string of the molecule is CCCc1ccc(-n2c(N)nc3ccc(F)cc32)cc1. The van der Waals surface area contributed by atoms with Crippen molar-refractivity contribution < 1.29 is 4.39 Å². The van der Waals surface area contributed by atoms with Gasteiger partial charge in [0.1, 0.15) is 5.82 Å². The fourth-order valence-corrected chi connectivity index (χ4v) is 2.44. The number of imidazole rings is 1. The minimum Gasteiger partial charge on any atom is -0.369 e. The van der Waals surface area contributed by atoms with Gasteiger partial charge < -0.3 is 5.73 Å². The van der Waals surface area contributed by atoms with Crippen LogP contribution < -0.4 is 5.73 Å². The van der Waals surface area contributed by atoms with Gasteiger partial charge in [-0.2, -0.15) is 0 Å². The molecule has 4 heteroatoms. The van der Waals surface area contributed by atoms with Crippen molar-refractivity contribution in [2.75, 3.05) is 5.73 Å². The van der Waals surface area contributed by atoms with E-state index in [2.05, 4.69) is 24.0 Å². The van der Waals surface area contributed by atoms with Crippen molar-refractivity contribution in [3.8, 4) is 5.69 Å². The highest BCUT2D eigenvalue weighted by atomic mass is 19.1. The first-order valence-corrected chi connectivity index (χ1v) is 6.72. The lowest BCUT2D eigenvalue weighted by Crippen LogP contribution is -2.00. The predicted octanol–water partition coefficient (Wildman–Crippen LogP) is 3.70. The highest BCUT2D eigenvalue weighted by Gasteiger charge is 2.10. The summed E-state index contributed by atoms with van der Waals surface area (Å²) in [4.78, 5) is 4.26. The van der Waals surface area contributed by atoms with Crippen LogP contribution in [0.4, 0.5) is 10.3 Å². The first-order valence-electron chi connectivity index (χ1n) is 6.72. The van der Waals surface area contributed by atoms with Crippen molar-refractivity contribution >= 4 is 17.0 Å². The molecule has 0 fully saturated rings. The lowest BCUT2D eigenvalue weighted by Gasteiger charge is -2.07. The Labute approximate surface area is 116 Å². The molecule has 0 spiro atoms. The number of nitrogen functional groups attached to an aromatic ring is 1. The van der Waals surface area contributed by atoms with Gasteiger partial charge in [0, 0.05) is 11.8 Å². The lowest BCUT2D eigenvalue weighted by atomic mass is 10.1. The molecule has 0 aliphatic rings. The number of nitrogens with two attached hydrogens (primary N) is 1. The van der Waals surface area contributed by atoms with Crippen molar-refractivity contribution in [3.63, 3.8) is 0 Å². The van der Waals surface area contributed by atoms with Crippen molar-refractivity contribution in [2.24, 2.45) is 0 Å². The second-order valence-corrected chi connectivity index (χ2v) is 4.85. The monoisotopic (exact) mass is 269 g/mol. The van der Waals surface area contributed by atoms with E-state index in [0.29, 0.717) is 17.0 Å². The molecule has 1 heterocycles. The lowest BCUT2D eigenvalue weighted by molar-refractivity contribution is 0.629. The van der Waals surface area contributed by atoms with E-state index in [-0.39, 0.29) is 5.82 Å². The number of anilines is 1. The van der Waals surface area contributed by atoms with Gasteiger partial charge in [-0.25, -0.2) is 9.37 Å². The molecule has 2 aromatic carbocycles. The first-order chi connectivity index (χ1) is 9.69. The molecule has 3 aromatic rings. The normalized spacial score (nSPS) is 11.1. The van der Waals surface area contributed by atoms with Gasteiger partial charge in [0.05, 0.1) is 11.0 Å². The Bertz CT molecular complexity index is 744. The second-order valence-electron chi connectivity index (χ2n) is 4.85. The average molecular weight is 269 g/mol. The summed E-state index contributed by atoms with van der Waals surface area (Å²) in [6, 6.07) is 12.6. The molecule has 0 bridgehead atoms. The molecule has 0 amide bonds. The summed E-state index contributed by atoms with van der Waals surface area (Å²) in [5, 5.41) is 0. The summed E-state index contributed by atoms with van der Waals surface area (Å²) in [5.74, 6) is 0.0788. The Morgan fingerprint density at radius 1 is 1.15 bits per heavy atom. The van der Waals surface area contributed by atoms with Gasteiger partial charge in [0.15, 0.2) is 0 Å². The van der Waals surface area contributed by atoms with Gasteiger partial charge in [-0.1, -0.05) is 25.5 Å². The van der Waals surface area contributed by atoms with Crippen LogP contribution in [0.15, 0.2) is 42.5 Å². The van der Waals surface area contributed by atoms with E-state index in [1.54, 1.807) is 10.6 Å². The summed E-state index contributed by atoms with van der Waals surface area (Å²) < 4.78 is 15.2. The molecule has 0 unspecified atom stereocenters. The predicted molar refractivity (Wildman–Crippen MR) is 79.4 cm³/mol. The molecular weight excluding hydrogens is 253 g/mol. The number of hydrogen-bond donors (Lipinski definition) is 1. The molecule has 0 saturated carbocycles. The molecule has 0 saturated heterocycles. The minimum absolute atomic E-state index is 0.291. The maximum atomic E-state index is 13.4. The van der Waals surface area contributed by atoms with E-state index in [1.807, 2.05) is 12.1 Å². The summed E-state index contributed by atoms with van der Waals surface area (Å²) in [6.45, 7) is 2.15. The molecule has 0 aliphatic heterocycles. The average Bonchev–Trinajstić information content (AvgIpc) is 2.76. The third-order valence-electron chi connectivity index (χ3n) is 3.38. The molecule has 1 aromatic heterocycles. The van der Waals surface area contributed by atoms with Crippen molar-refractivity contribution in [3.05, 3.63) is 53.8 Å². The van der Waals surface area contributed by atoms with E-state index in [4.69, 9.17) is 5.73 Å². The van der Waals surface area contributed by atoms with Gasteiger partial charge >= 0.3 is 0 Å². The number of nitrogens with zero attached hydrogens (tertiary/aromatic N) is 2. The maximum absolute atomic E-state index is 13.4. The quantitative estimate of drug-likeness (QED) is 0.788. The Balaban J connectivity index is 2.13. The van der Waals surface area contributed by atoms with Gasteiger partial charge in [-0.15, -0.1) is 0 Å². The van der Waals surface area contributed by atoms with E-state index in [1.165, 1.54) is 17.7 Å². The smallest absolute Gasteiger partial charge is 0.205 e. The molecule has 0 radical (unpaired) electrons. The number of halogens is 1. The molecule has 0 aliphatic carbocycles. The van der Waals surface area contributed by atoms with E-state index in [9.17, 15) is 4.39 Å². The third kappa shape index (κ3) is 2.13. The van der Waals surface area contributed by atoms with Crippen molar-refractivity contribution in [1.82, 2.24) is 9.55 Å². The van der Waals surface area contributed by atoms with Crippen LogP contribution in [-0.2, 0) is 6.42 Å². The topological polar surface area (TPSA) is 43.8 Å². The number of aromatic nitrogens is 2. The molecule has 102 valence electrons. The molecule has 2 N–H and O–H groups in total. The highest BCUT2D eigenvalue weighted by Crippen LogP contribution is 2.24. The molecule has 3 nitrogen and oxygen atoms in total. The van der Waals surface area contributed by atoms with E-state index >= 15 is 0 Å². The summed E-state index contributed by atoms with van der Waals surface area (Å²) >= 11 is 0. The van der Waals surface area contributed by atoms with Crippen molar-refractivity contribution in [1.29, 1.82) is 0 Å². The van der Waals surface area contributed by atoms with Crippen LogP contribution in [0.1, 0.15) is 18.9 Å². The largest absolute Gasteiger partial charge is 0.369 e. The fourth-order valence-electron chi connectivity index (χ4n) is 2.44. The summed E-state index contributed by atoms with van der Waals surface area (Å²) in [6.07, 6.45) is 2.16. The molecular formula is C16H16FN3. The molecule has 3 rings (SSSR count). The standard InChI is InChI=1S/C16H16FN3/c1-2-3-11-4-7-13(8-5-11)20-15-10-12(17)6-9-14(15)19-16(20)18/h4-10H,2-3H2,1H3,(H2,18,19). The Kier molecular flexibility index (Phi) is 3.14. The number of aryl methyl sites for hydroxylation is 1. The zero-order valence-corrected chi connectivity index (χ0v) is 11.3. The summed E-state index contributed by atoms with van der Waals surface area (Å²) in [7, 11) is 0. The van der Waals surface area contributed by atoms with Gasteiger partial charge in [-0.05, 0) is 36.2 Å². The van der Waals surface area contributed by atoms with Gasteiger partial charge in [0.25, 0.3) is 0 Å². The van der Waals surface area contributed by atoms with Crippen LogP contribution in [0, 0.1) is 5.82 Å². The van der Waals surface area contributed by atoms with Crippen LogP contribution in [-0.4, -0.2) is 9.55 Å². The Morgan fingerprint density at radius 2 is 1.90 bits per heavy atom. The van der Waals surface area contributed by atoms with Gasteiger partial charge in [0.2, 0.25) is 5.95 Å². The zero-order valence-electron chi connectivity index (χ0n) is 11.3. The van der Waals surface area contributed by atoms with E-state index < -0.39 is 0 Å². The number of hydrogen-bond acceptors (Lipinski definition) is 2. The minimum atomic E-state index is -0.291. The molecule has 0 atom stereocenters. The van der Waals surface area contributed by atoms with Crippen molar-refractivity contribution in [2.45, 2.75) is 19.8 Å². The van der Waals surface area contributed by atoms with Crippen LogP contribution in [0.25, 0.3) is 16.7 Å². The Morgan fingerprint density at radius 3 is 2.60 bits per heavy atom. The first kappa shape index (κ1) is 12.7. The van der Waals surface area contributed by atoms with Gasteiger partial charge in [-0.3, -0.25) is 4.57 Å². The second kappa shape index (κ2) is 4.96. The number of benzene rings is 2.